The lowest BCUT2D eigenvalue weighted by Gasteiger charge is -2.25. The third-order valence-electron chi connectivity index (χ3n) is 2.67. The smallest absolute Gasteiger partial charge is 0.279 e. The average Bonchev–Trinajstić information content (AvgIpc) is 2.81. The van der Waals surface area contributed by atoms with Crippen LogP contribution >= 0.6 is 0 Å². The minimum absolute atomic E-state index is 0.287. The van der Waals surface area contributed by atoms with Crippen LogP contribution in [0.15, 0.2) is 12.4 Å². The SMILES string of the molecule is O=S(=O)(NCc1cn[nH]c1)N1CCCCC1. The monoisotopic (exact) mass is 244 g/mol. The maximum absolute atomic E-state index is 11.9. The molecule has 2 N–H and O–H groups in total. The normalized spacial score (nSPS) is 18.8. The zero-order chi connectivity index (χ0) is 11.4. The lowest BCUT2D eigenvalue weighted by atomic mass is 10.2. The van der Waals surface area contributed by atoms with E-state index >= 15 is 0 Å². The quantitative estimate of drug-likeness (QED) is 0.796. The molecule has 90 valence electrons. The van der Waals surface area contributed by atoms with E-state index < -0.39 is 10.2 Å². The van der Waals surface area contributed by atoms with Crippen molar-refractivity contribution in [1.29, 1.82) is 0 Å². The Balaban J connectivity index is 1.91. The van der Waals surface area contributed by atoms with Gasteiger partial charge in [0, 0.05) is 31.4 Å². The summed E-state index contributed by atoms with van der Waals surface area (Å²) in [5.41, 5.74) is 0.834. The van der Waals surface area contributed by atoms with E-state index in [1.807, 2.05) is 0 Å². The summed E-state index contributed by atoms with van der Waals surface area (Å²) in [6.07, 6.45) is 6.31. The molecule has 1 saturated heterocycles. The third-order valence-corrected chi connectivity index (χ3v) is 4.22. The molecule has 2 rings (SSSR count). The Morgan fingerprint density at radius 2 is 2.12 bits per heavy atom. The molecule has 0 bridgehead atoms. The lowest BCUT2D eigenvalue weighted by Crippen LogP contribution is -2.43. The minimum atomic E-state index is -3.32. The molecule has 1 aliphatic heterocycles. The van der Waals surface area contributed by atoms with Crippen molar-refractivity contribution in [3.05, 3.63) is 18.0 Å². The molecule has 1 aliphatic rings. The van der Waals surface area contributed by atoms with Gasteiger partial charge in [-0.25, -0.2) is 0 Å². The van der Waals surface area contributed by atoms with E-state index in [1.54, 1.807) is 12.4 Å². The standard InChI is InChI=1S/C9H16N4O2S/c14-16(15,13-4-2-1-3-5-13)12-8-9-6-10-11-7-9/h6-7,12H,1-5,8H2,(H,10,11). The highest BCUT2D eigenvalue weighted by molar-refractivity contribution is 7.87. The highest BCUT2D eigenvalue weighted by Gasteiger charge is 2.23. The molecule has 1 aromatic rings. The van der Waals surface area contributed by atoms with Gasteiger partial charge in [0.2, 0.25) is 0 Å². The number of aromatic amines is 1. The van der Waals surface area contributed by atoms with E-state index in [0.717, 1.165) is 24.8 Å². The first-order chi connectivity index (χ1) is 7.68. The maximum Gasteiger partial charge on any atom is 0.279 e. The van der Waals surface area contributed by atoms with Gasteiger partial charge in [0.15, 0.2) is 0 Å². The zero-order valence-corrected chi connectivity index (χ0v) is 9.83. The predicted octanol–water partition coefficient (Wildman–Crippen LogP) is 0.230. The predicted molar refractivity (Wildman–Crippen MR) is 59.8 cm³/mol. The summed E-state index contributed by atoms with van der Waals surface area (Å²) in [5.74, 6) is 0. The van der Waals surface area contributed by atoms with Crippen molar-refractivity contribution in [2.75, 3.05) is 13.1 Å². The van der Waals surface area contributed by atoms with E-state index in [9.17, 15) is 8.42 Å². The molecule has 6 nitrogen and oxygen atoms in total. The second-order valence-corrected chi connectivity index (χ2v) is 5.65. The summed E-state index contributed by atoms with van der Waals surface area (Å²) in [6, 6.07) is 0. The van der Waals surface area contributed by atoms with Crippen LogP contribution in [0.1, 0.15) is 24.8 Å². The Labute approximate surface area is 95.2 Å². The molecule has 2 heterocycles. The van der Waals surface area contributed by atoms with Crippen LogP contribution in [0.2, 0.25) is 0 Å². The molecule has 0 radical (unpaired) electrons. The van der Waals surface area contributed by atoms with Gasteiger partial charge in [0.25, 0.3) is 10.2 Å². The van der Waals surface area contributed by atoms with Crippen molar-refractivity contribution in [2.45, 2.75) is 25.8 Å². The molecule has 1 fully saturated rings. The number of nitrogens with one attached hydrogen (secondary N) is 2. The van der Waals surface area contributed by atoms with Crippen LogP contribution in [0.3, 0.4) is 0 Å². The van der Waals surface area contributed by atoms with Gasteiger partial charge in [0.05, 0.1) is 6.20 Å². The fourth-order valence-electron chi connectivity index (χ4n) is 1.75. The van der Waals surface area contributed by atoms with Crippen molar-refractivity contribution >= 4 is 10.2 Å². The van der Waals surface area contributed by atoms with Crippen LogP contribution < -0.4 is 4.72 Å². The number of piperidine rings is 1. The molecule has 0 aliphatic carbocycles. The fraction of sp³-hybridized carbons (Fsp3) is 0.667. The van der Waals surface area contributed by atoms with Gasteiger partial charge < -0.3 is 0 Å². The summed E-state index contributed by atoms with van der Waals surface area (Å²) in [6.45, 7) is 1.54. The molecule has 0 amide bonds. The Hall–Kier alpha value is -0.920. The molecule has 1 aromatic heterocycles. The van der Waals surface area contributed by atoms with E-state index in [1.165, 1.54) is 4.31 Å². The van der Waals surface area contributed by atoms with Crippen LogP contribution in [0.25, 0.3) is 0 Å². The van der Waals surface area contributed by atoms with Gasteiger partial charge in [0.1, 0.15) is 0 Å². The summed E-state index contributed by atoms with van der Waals surface area (Å²) in [7, 11) is -3.32. The second kappa shape index (κ2) is 4.94. The highest BCUT2D eigenvalue weighted by atomic mass is 32.2. The molecule has 7 heteroatoms. The van der Waals surface area contributed by atoms with Crippen LogP contribution in [0.4, 0.5) is 0 Å². The van der Waals surface area contributed by atoms with Gasteiger partial charge in [-0.1, -0.05) is 6.42 Å². The largest absolute Gasteiger partial charge is 0.285 e. The molecular weight excluding hydrogens is 228 g/mol. The minimum Gasteiger partial charge on any atom is -0.285 e. The summed E-state index contributed by atoms with van der Waals surface area (Å²) in [4.78, 5) is 0. The van der Waals surface area contributed by atoms with E-state index in [0.29, 0.717) is 13.1 Å². The lowest BCUT2D eigenvalue weighted by molar-refractivity contribution is 0.341. The Kier molecular flexibility index (Phi) is 3.57. The van der Waals surface area contributed by atoms with Crippen molar-refractivity contribution in [3.8, 4) is 0 Å². The van der Waals surface area contributed by atoms with Crippen LogP contribution in [0.5, 0.6) is 0 Å². The van der Waals surface area contributed by atoms with Gasteiger partial charge in [-0.05, 0) is 12.8 Å². The highest BCUT2D eigenvalue weighted by Crippen LogP contribution is 2.12. The molecule has 0 unspecified atom stereocenters. The van der Waals surface area contributed by atoms with Crippen molar-refractivity contribution in [2.24, 2.45) is 0 Å². The second-order valence-electron chi connectivity index (χ2n) is 3.89. The number of rotatable bonds is 4. The van der Waals surface area contributed by atoms with Gasteiger partial charge in [-0.3, -0.25) is 5.10 Å². The number of H-pyrrole nitrogens is 1. The first-order valence-electron chi connectivity index (χ1n) is 5.41. The van der Waals surface area contributed by atoms with E-state index in [-0.39, 0.29) is 6.54 Å². The van der Waals surface area contributed by atoms with E-state index in [2.05, 4.69) is 14.9 Å². The van der Waals surface area contributed by atoms with Crippen molar-refractivity contribution < 1.29 is 8.42 Å². The molecule has 0 saturated carbocycles. The molecule has 0 spiro atoms. The van der Waals surface area contributed by atoms with Gasteiger partial charge >= 0.3 is 0 Å². The number of nitrogens with zero attached hydrogens (tertiary/aromatic N) is 2. The van der Waals surface area contributed by atoms with Crippen LogP contribution in [0, 0.1) is 0 Å². The van der Waals surface area contributed by atoms with Crippen LogP contribution in [-0.2, 0) is 16.8 Å². The summed E-state index contributed by atoms with van der Waals surface area (Å²) >= 11 is 0. The van der Waals surface area contributed by atoms with Crippen LogP contribution in [-0.4, -0.2) is 36.0 Å². The Morgan fingerprint density at radius 3 is 2.75 bits per heavy atom. The molecule has 0 atom stereocenters. The first-order valence-corrected chi connectivity index (χ1v) is 6.85. The molecular formula is C9H16N4O2S. The number of hydrogen-bond acceptors (Lipinski definition) is 3. The molecule has 16 heavy (non-hydrogen) atoms. The Bertz CT molecular complexity index is 409. The molecule has 0 aromatic carbocycles. The number of aromatic nitrogens is 2. The fourth-order valence-corrected chi connectivity index (χ4v) is 3.02. The topological polar surface area (TPSA) is 78.1 Å². The van der Waals surface area contributed by atoms with Gasteiger partial charge in [-0.2, -0.15) is 22.5 Å². The summed E-state index contributed by atoms with van der Waals surface area (Å²) < 4.78 is 27.8. The van der Waals surface area contributed by atoms with E-state index in [4.69, 9.17) is 0 Å². The van der Waals surface area contributed by atoms with Crippen molar-refractivity contribution in [3.63, 3.8) is 0 Å². The number of hydrogen-bond donors (Lipinski definition) is 2. The Morgan fingerprint density at radius 1 is 1.38 bits per heavy atom. The maximum atomic E-state index is 11.9. The van der Waals surface area contributed by atoms with Gasteiger partial charge in [-0.15, -0.1) is 0 Å². The third kappa shape index (κ3) is 2.81. The average molecular weight is 244 g/mol. The zero-order valence-electron chi connectivity index (χ0n) is 9.02. The first kappa shape index (κ1) is 11.6. The van der Waals surface area contributed by atoms with Crippen molar-refractivity contribution in [1.82, 2.24) is 19.2 Å². The summed E-state index contributed by atoms with van der Waals surface area (Å²) in [5, 5.41) is 6.41.